The summed E-state index contributed by atoms with van der Waals surface area (Å²) in [4.78, 5) is 0. The first kappa shape index (κ1) is 13.0. The van der Waals surface area contributed by atoms with Gasteiger partial charge in [-0.1, -0.05) is 19.4 Å². The van der Waals surface area contributed by atoms with Crippen LogP contribution in [0.1, 0.15) is 31.4 Å². The van der Waals surface area contributed by atoms with Crippen molar-refractivity contribution in [1.29, 1.82) is 0 Å². The maximum absolute atomic E-state index is 13.3. The third-order valence-electron chi connectivity index (χ3n) is 2.42. The van der Waals surface area contributed by atoms with Crippen molar-refractivity contribution in [2.75, 3.05) is 0 Å². The largest absolute Gasteiger partial charge is 0.391 e. The van der Waals surface area contributed by atoms with Crippen LogP contribution in [0.5, 0.6) is 0 Å². The standard InChI is InChI=1S/C11H14F3NO/c1-2-3-8(16)11(15)6-4-5-7(12)10(14)9(6)13/h4-5,8,11,16H,2-3,15H2,1H3/t8-,11+/m0/s1. The fraction of sp³-hybridized carbons (Fsp3) is 0.455. The number of hydrogen-bond donors (Lipinski definition) is 2. The minimum atomic E-state index is -1.56. The van der Waals surface area contributed by atoms with Crippen LogP contribution >= 0.6 is 0 Å². The van der Waals surface area contributed by atoms with Crippen LogP contribution in [0, 0.1) is 17.5 Å². The number of nitrogens with two attached hydrogens (primary N) is 1. The highest BCUT2D eigenvalue weighted by Gasteiger charge is 2.22. The molecule has 1 aromatic carbocycles. The Kier molecular flexibility index (Phi) is 4.32. The van der Waals surface area contributed by atoms with E-state index in [0.717, 1.165) is 12.1 Å². The highest BCUT2D eigenvalue weighted by molar-refractivity contribution is 5.24. The van der Waals surface area contributed by atoms with Gasteiger partial charge < -0.3 is 10.8 Å². The van der Waals surface area contributed by atoms with Crippen molar-refractivity contribution in [1.82, 2.24) is 0 Å². The lowest BCUT2D eigenvalue weighted by Gasteiger charge is -2.19. The number of aliphatic hydroxyl groups is 1. The van der Waals surface area contributed by atoms with Gasteiger partial charge in [-0.15, -0.1) is 0 Å². The maximum Gasteiger partial charge on any atom is 0.194 e. The summed E-state index contributed by atoms with van der Waals surface area (Å²) in [6, 6.07) is 0.805. The molecule has 2 atom stereocenters. The summed E-state index contributed by atoms with van der Waals surface area (Å²) < 4.78 is 38.9. The summed E-state index contributed by atoms with van der Waals surface area (Å²) >= 11 is 0. The number of rotatable bonds is 4. The predicted octanol–water partition coefficient (Wildman–Crippen LogP) is 2.26. The van der Waals surface area contributed by atoms with Gasteiger partial charge in [-0.3, -0.25) is 0 Å². The molecule has 0 heterocycles. The Morgan fingerprint density at radius 3 is 2.44 bits per heavy atom. The predicted molar refractivity (Wildman–Crippen MR) is 54.2 cm³/mol. The van der Waals surface area contributed by atoms with Crippen LogP contribution in [-0.2, 0) is 0 Å². The molecular weight excluding hydrogens is 219 g/mol. The molecule has 0 fully saturated rings. The molecule has 0 saturated heterocycles. The molecule has 90 valence electrons. The lowest BCUT2D eigenvalue weighted by Crippen LogP contribution is -2.27. The Morgan fingerprint density at radius 2 is 1.88 bits per heavy atom. The van der Waals surface area contributed by atoms with Gasteiger partial charge in [0, 0.05) is 5.56 Å². The monoisotopic (exact) mass is 233 g/mol. The zero-order valence-corrected chi connectivity index (χ0v) is 8.88. The van der Waals surface area contributed by atoms with E-state index in [2.05, 4.69) is 0 Å². The molecule has 3 N–H and O–H groups in total. The van der Waals surface area contributed by atoms with Gasteiger partial charge in [0.25, 0.3) is 0 Å². The van der Waals surface area contributed by atoms with Crippen LogP contribution in [0.15, 0.2) is 12.1 Å². The Hall–Kier alpha value is -1.07. The minimum absolute atomic E-state index is 0.208. The Balaban J connectivity index is 3.00. The van der Waals surface area contributed by atoms with Gasteiger partial charge in [0.2, 0.25) is 0 Å². The molecule has 0 aliphatic heterocycles. The zero-order valence-electron chi connectivity index (χ0n) is 8.88. The molecule has 5 heteroatoms. The van der Waals surface area contributed by atoms with E-state index < -0.39 is 29.6 Å². The van der Waals surface area contributed by atoms with E-state index in [4.69, 9.17) is 5.73 Å². The van der Waals surface area contributed by atoms with E-state index in [-0.39, 0.29) is 5.56 Å². The molecule has 16 heavy (non-hydrogen) atoms. The van der Waals surface area contributed by atoms with Gasteiger partial charge in [0.1, 0.15) is 0 Å². The highest BCUT2D eigenvalue weighted by Crippen LogP contribution is 2.23. The van der Waals surface area contributed by atoms with Crippen molar-refractivity contribution in [3.05, 3.63) is 35.1 Å². The molecule has 1 aromatic rings. The summed E-state index contributed by atoms with van der Waals surface area (Å²) in [5.41, 5.74) is 5.36. The topological polar surface area (TPSA) is 46.2 Å². The highest BCUT2D eigenvalue weighted by atomic mass is 19.2. The lowest BCUT2D eigenvalue weighted by atomic mass is 9.98. The summed E-state index contributed by atoms with van der Waals surface area (Å²) in [5.74, 6) is -4.15. The second-order valence-corrected chi connectivity index (χ2v) is 3.65. The van der Waals surface area contributed by atoms with Crippen LogP contribution in [0.3, 0.4) is 0 Å². The lowest BCUT2D eigenvalue weighted by molar-refractivity contribution is 0.132. The van der Waals surface area contributed by atoms with Crippen molar-refractivity contribution in [3.63, 3.8) is 0 Å². The van der Waals surface area contributed by atoms with Crippen LogP contribution in [0.4, 0.5) is 13.2 Å². The second kappa shape index (κ2) is 5.32. The van der Waals surface area contributed by atoms with E-state index in [1.165, 1.54) is 0 Å². The SMILES string of the molecule is CCC[C@H](O)[C@H](N)c1ccc(F)c(F)c1F. The molecule has 0 unspecified atom stereocenters. The number of aliphatic hydroxyl groups excluding tert-OH is 1. The molecule has 0 aliphatic rings. The van der Waals surface area contributed by atoms with Crippen LogP contribution in [0.2, 0.25) is 0 Å². The van der Waals surface area contributed by atoms with Gasteiger partial charge in [-0.25, -0.2) is 13.2 Å². The van der Waals surface area contributed by atoms with Crippen molar-refractivity contribution >= 4 is 0 Å². The molecule has 0 saturated carbocycles. The smallest absolute Gasteiger partial charge is 0.194 e. The molecule has 0 aromatic heterocycles. The van der Waals surface area contributed by atoms with E-state index >= 15 is 0 Å². The van der Waals surface area contributed by atoms with E-state index in [0.29, 0.717) is 12.8 Å². The summed E-state index contributed by atoms with van der Waals surface area (Å²) in [6.07, 6.45) is 0.0732. The van der Waals surface area contributed by atoms with Gasteiger partial charge in [-0.2, -0.15) is 0 Å². The molecule has 0 amide bonds. The Bertz CT molecular complexity index is 370. The number of hydrogen-bond acceptors (Lipinski definition) is 2. The van der Waals surface area contributed by atoms with Gasteiger partial charge in [-0.05, 0) is 12.5 Å². The molecule has 2 nitrogen and oxygen atoms in total. The van der Waals surface area contributed by atoms with Gasteiger partial charge in [0.05, 0.1) is 12.1 Å². The first-order valence-electron chi connectivity index (χ1n) is 5.06. The van der Waals surface area contributed by atoms with Crippen LogP contribution in [0.25, 0.3) is 0 Å². The van der Waals surface area contributed by atoms with Gasteiger partial charge >= 0.3 is 0 Å². The van der Waals surface area contributed by atoms with E-state index in [9.17, 15) is 18.3 Å². The van der Waals surface area contributed by atoms with Crippen molar-refractivity contribution < 1.29 is 18.3 Å². The first-order chi connectivity index (χ1) is 7.49. The Morgan fingerprint density at radius 1 is 1.25 bits per heavy atom. The second-order valence-electron chi connectivity index (χ2n) is 3.65. The van der Waals surface area contributed by atoms with Gasteiger partial charge in [0.15, 0.2) is 17.5 Å². The molecule has 1 rings (SSSR count). The molecule has 0 spiro atoms. The summed E-state index contributed by atoms with van der Waals surface area (Å²) in [7, 11) is 0. The molecular formula is C11H14F3NO. The fourth-order valence-electron chi connectivity index (χ4n) is 1.48. The minimum Gasteiger partial charge on any atom is -0.391 e. The number of halogens is 3. The first-order valence-corrected chi connectivity index (χ1v) is 5.06. The summed E-state index contributed by atoms with van der Waals surface area (Å²) in [5, 5.41) is 9.55. The Labute approximate surface area is 91.9 Å². The fourth-order valence-corrected chi connectivity index (χ4v) is 1.48. The van der Waals surface area contributed by atoms with Crippen molar-refractivity contribution in [2.45, 2.75) is 31.9 Å². The van der Waals surface area contributed by atoms with Crippen LogP contribution in [-0.4, -0.2) is 11.2 Å². The third kappa shape index (κ3) is 2.54. The van der Waals surface area contributed by atoms with Crippen molar-refractivity contribution in [3.8, 4) is 0 Å². The number of benzene rings is 1. The average molecular weight is 233 g/mol. The van der Waals surface area contributed by atoms with E-state index in [1.807, 2.05) is 6.92 Å². The average Bonchev–Trinajstić information content (AvgIpc) is 2.26. The molecule has 0 radical (unpaired) electrons. The third-order valence-corrected chi connectivity index (χ3v) is 2.42. The van der Waals surface area contributed by atoms with E-state index in [1.54, 1.807) is 0 Å². The van der Waals surface area contributed by atoms with Crippen molar-refractivity contribution in [2.24, 2.45) is 5.73 Å². The molecule has 0 bridgehead atoms. The van der Waals surface area contributed by atoms with Crippen LogP contribution < -0.4 is 5.73 Å². The summed E-state index contributed by atoms with van der Waals surface area (Å²) in [6.45, 7) is 1.83. The quantitative estimate of drug-likeness (QED) is 0.783. The maximum atomic E-state index is 13.3. The normalized spacial score (nSPS) is 14.9. The zero-order chi connectivity index (χ0) is 12.3. The molecule has 0 aliphatic carbocycles.